The molecular formula is C25H44O16. The summed E-state index contributed by atoms with van der Waals surface area (Å²) in [6, 6.07) is 0. The van der Waals surface area contributed by atoms with E-state index in [1.807, 2.05) is 0 Å². The summed E-state index contributed by atoms with van der Waals surface area (Å²) in [5.41, 5.74) is 0. The Morgan fingerprint density at radius 1 is 0.585 bits per heavy atom. The maximum atomic E-state index is 10.9. The SMILES string of the molecule is CC[C@H]1O[C@H](O[C@H]2[C@H](O)C[C@@H](O[C@H]3[C@H](O)[C@@H](O)CO[C@@H]3CO)O[C@@H]2CO)CC(O)[C@@H]1O[C@H]1O[C@H](CO)C[C@H](O)[C@H]1O. The third-order valence-electron chi connectivity index (χ3n) is 7.97. The smallest absolute Gasteiger partial charge is 0.186 e. The van der Waals surface area contributed by atoms with Crippen molar-refractivity contribution < 1.29 is 79.1 Å². The molecule has 16 atom stereocenters. The lowest BCUT2D eigenvalue weighted by molar-refractivity contribution is -0.351. The van der Waals surface area contributed by atoms with Gasteiger partial charge in [-0.25, -0.2) is 0 Å². The lowest BCUT2D eigenvalue weighted by atomic mass is 9.97. The maximum Gasteiger partial charge on any atom is 0.186 e. The number of ether oxygens (including phenoxy) is 7. The molecule has 0 aliphatic carbocycles. The van der Waals surface area contributed by atoms with E-state index >= 15 is 0 Å². The van der Waals surface area contributed by atoms with Gasteiger partial charge < -0.3 is 79.1 Å². The Morgan fingerprint density at radius 2 is 1.17 bits per heavy atom. The highest BCUT2D eigenvalue weighted by Crippen LogP contribution is 2.33. The van der Waals surface area contributed by atoms with Crippen LogP contribution in [-0.4, -0.2) is 171 Å². The van der Waals surface area contributed by atoms with Gasteiger partial charge >= 0.3 is 0 Å². The number of hydrogen-bond donors (Lipinski definition) is 9. The monoisotopic (exact) mass is 600 g/mol. The van der Waals surface area contributed by atoms with Gasteiger partial charge in [-0.3, -0.25) is 0 Å². The second-order valence-electron chi connectivity index (χ2n) is 10.9. The van der Waals surface area contributed by atoms with Crippen LogP contribution in [0.5, 0.6) is 0 Å². The summed E-state index contributed by atoms with van der Waals surface area (Å²) < 4.78 is 40.1. The minimum absolute atomic E-state index is 0.0249. The van der Waals surface area contributed by atoms with Crippen molar-refractivity contribution in [3.8, 4) is 0 Å². The molecule has 0 aromatic carbocycles. The minimum atomic E-state index is -1.40. The van der Waals surface area contributed by atoms with E-state index in [2.05, 4.69) is 0 Å². The molecular weight excluding hydrogens is 556 g/mol. The van der Waals surface area contributed by atoms with E-state index in [1.165, 1.54) is 0 Å². The molecule has 1 unspecified atom stereocenters. The molecule has 9 N–H and O–H groups in total. The summed E-state index contributed by atoms with van der Waals surface area (Å²) in [6.45, 7) is 0.130. The van der Waals surface area contributed by atoms with E-state index in [-0.39, 0.29) is 32.5 Å². The van der Waals surface area contributed by atoms with Gasteiger partial charge in [-0.15, -0.1) is 0 Å². The lowest BCUT2D eigenvalue weighted by Crippen LogP contribution is -2.60. The third kappa shape index (κ3) is 7.72. The largest absolute Gasteiger partial charge is 0.394 e. The molecule has 16 heteroatoms. The normalized spacial score (nSPS) is 49.6. The summed E-state index contributed by atoms with van der Waals surface area (Å²) in [7, 11) is 0. The van der Waals surface area contributed by atoms with Gasteiger partial charge in [0.1, 0.15) is 48.8 Å². The zero-order valence-electron chi connectivity index (χ0n) is 22.8. The Kier molecular flexibility index (Phi) is 12.1. The molecule has 4 fully saturated rings. The summed E-state index contributed by atoms with van der Waals surface area (Å²) in [5.74, 6) is 0. The van der Waals surface area contributed by atoms with Crippen molar-refractivity contribution >= 4 is 0 Å². The van der Waals surface area contributed by atoms with Crippen LogP contribution in [0, 0.1) is 0 Å². The number of rotatable bonds is 10. The van der Waals surface area contributed by atoms with Gasteiger partial charge in [0.05, 0.1) is 56.9 Å². The average Bonchev–Trinajstić information content (AvgIpc) is 2.95. The highest BCUT2D eigenvalue weighted by molar-refractivity contribution is 4.92. The predicted molar refractivity (Wildman–Crippen MR) is 132 cm³/mol. The van der Waals surface area contributed by atoms with Gasteiger partial charge in [0, 0.05) is 19.3 Å². The van der Waals surface area contributed by atoms with Crippen LogP contribution in [0.25, 0.3) is 0 Å². The summed E-state index contributed by atoms with van der Waals surface area (Å²) >= 11 is 0. The van der Waals surface area contributed by atoms with Gasteiger partial charge in [0.2, 0.25) is 0 Å². The molecule has 16 nitrogen and oxygen atoms in total. The van der Waals surface area contributed by atoms with E-state index in [9.17, 15) is 46.0 Å². The molecule has 0 aromatic heterocycles. The molecule has 0 amide bonds. The highest BCUT2D eigenvalue weighted by atomic mass is 16.7. The molecule has 41 heavy (non-hydrogen) atoms. The Bertz CT molecular complexity index is 791. The lowest BCUT2D eigenvalue weighted by Gasteiger charge is -2.46. The zero-order valence-corrected chi connectivity index (χ0v) is 22.8. The zero-order chi connectivity index (χ0) is 29.8. The Labute approximate surface area is 236 Å². The van der Waals surface area contributed by atoms with Gasteiger partial charge in [0.25, 0.3) is 0 Å². The van der Waals surface area contributed by atoms with E-state index in [1.54, 1.807) is 6.92 Å². The van der Waals surface area contributed by atoms with Crippen LogP contribution in [0.1, 0.15) is 32.6 Å². The molecule has 0 saturated carbocycles. The quantitative estimate of drug-likeness (QED) is 0.115. The second kappa shape index (κ2) is 14.9. The first-order valence-corrected chi connectivity index (χ1v) is 14.0. The number of hydrogen-bond acceptors (Lipinski definition) is 16. The molecule has 4 saturated heterocycles. The van der Waals surface area contributed by atoms with Crippen LogP contribution in [0.4, 0.5) is 0 Å². The molecule has 0 radical (unpaired) electrons. The minimum Gasteiger partial charge on any atom is -0.394 e. The molecule has 4 aliphatic heterocycles. The van der Waals surface area contributed by atoms with Crippen molar-refractivity contribution in [2.75, 3.05) is 26.4 Å². The van der Waals surface area contributed by atoms with Crippen LogP contribution in [0.2, 0.25) is 0 Å². The van der Waals surface area contributed by atoms with Crippen LogP contribution in [-0.2, 0) is 33.2 Å². The molecule has 0 spiro atoms. The first-order valence-electron chi connectivity index (χ1n) is 14.0. The molecule has 4 rings (SSSR count). The van der Waals surface area contributed by atoms with E-state index < -0.39 is 111 Å². The van der Waals surface area contributed by atoms with E-state index in [4.69, 9.17) is 33.2 Å². The number of aliphatic hydroxyl groups is 9. The fourth-order valence-corrected chi connectivity index (χ4v) is 5.65. The molecule has 0 aromatic rings. The molecule has 240 valence electrons. The van der Waals surface area contributed by atoms with Crippen molar-refractivity contribution in [3.63, 3.8) is 0 Å². The van der Waals surface area contributed by atoms with Crippen molar-refractivity contribution in [1.82, 2.24) is 0 Å². The summed E-state index contributed by atoms with van der Waals surface area (Å²) in [5, 5.41) is 91.4. The van der Waals surface area contributed by atoms with Gasteiger partial charge in [-0.1, -0.05) is 6.92 Å². The van der Waals surface area contributed by atoms with Crippen molar-refractivity contribution in [1.29, 1.82) is 0 Å². The molecule has 0 bridgehead atoms. The summed E-state index contributed by atoms with van der Waals surface area (Å²) in [6.07, 6.45) is -17.7. The Hall–Kier alpha value is -0.640. The standard InChI is InChI=1S/C25H44O16/c1-2-15-22(41-25-21(34)11(29)3-10(6-26)36-25)12(30)4-18(37-15)39-23-13(31)5-19(38-17(23)8-28)40-24-16(7-27)35-9-14(32)20(24)33/h10-34H,2-9H2,1H3/t10-,11-,12?,13+,14-,15+,16+,17+,18+,19+,20+,21+,22-,23-,24+,25+/m0/s1. The number of aliphatic hydroxyl groups excluding tert-OH is 9. The third-order valence-corrected chi connectivity index (χ3v) is 7.97. The van der Waals surface area contributed by atoms with Crippen LogP contribution >= 0.6 is 0 Å². The maximum absolute atomic E-state index is 10.9. The van der Waals surface area contributed by atoms with E-state index in [0.29, 0.717) is 6.42 Å². The Morgan fingerprint density at radius 3 is 1.76 bits per heavy atom. The first kappa shape index (κ1) is 33.3. The highest BCUT2D eigenvalue weighted by Gasteiger charge is 2.48. The van der Waals surface area contributed by atoms with Gasteiger partial charge in [-0.05, 0) is 6.42 Å². The fraction of sp³-hybridized carbons (Fsp3) is 1.00. The second-order valence-corrected chi connectivity index (χ2v) is 10.9. The predicted octanol–water partition coefficient (Wildman–Crippen LogP) is -4.56. The summed E-state index contributed by atoms with van der Waals surface area (Å²) in [4.78, 5) is 0. The van der Waals surface area contributed by atoms with Gasteiger partial charge in [0.15, 0.2) is 18.9 Å². The van der Waals surface area contributed by atoms with E-state index in [0.717, 1.165) is 0 Å². The van der Waals surface area contributed by atoms with Crippen molar-refractivity contribution in [2.24, 2.45) is 0 Å². The van der Waals surface area contributed by atoms with Crippen LogP contribution < -0.4 is 0 Å². The average molecular weight is 601 g/mol. The van der Waals surface area contributed by atoms with Crippen LogP contribution in [0.15, 0.2) is 0 Å². The molecule has 4 heterocycles. The Balaban J connectivity index is 1.35. The first-order chi connectivity index (χ1) is 19.6. The fourth-order valence-electron chi connectivity index (χ4n) is 5.65. The van der Waals surface area contributed by atoms with Crippen molar-refractivity contribution in [2.45, 2.75) is 131 Å². The topological polar surface area (TPSA) is 247 Å². The van der Waals surface area contributed by atoms with Crippen molar-refractivity contribution in [3.05, 3.63) is 0 Å². The molecule has 4 aliphatic rings. The van der Waals surface area contributed by atoms with Crippen LogP contribution in [0.3, 0.4) is 0 Å². The van der Waals surface area contributed by atoms with Gasteiger partial charge in [-0.2, -0.15) is 0 Å².